The quantitative estimate of drug-likeness (QED) is 0.805. The molecule has 2 unspecified atom stereocenters. The van der Waals surface area contributed by atoms with Crippen molar-refractivity contribution in [2.24, 2.45) is 5.73 Å². The highest BCUT2D eigenvalue weighted by Crippen LogP contribution is 2.40. The van der Waals surface area contributed by atoms with E-state index in [1.54, 1.807) is 24.3 Å². The Morgan fingerprint density at radius 1 is 1.31 bits per heavy atom. The van der Waals surface area contributed by atoms with E-state index in [1.165, 1.54) is 0 Å². The number of benzene rings is 1. The van der Waals surface area contributed by atoms with Gasteiger partial charge in [-0.15, -0.1) is 0 Å². The van der Waals surface area contributed by atoms with Crippen molar-refractivity contribution in [2.45, 2.75) is 24.6 Å². The highest BCUT2D eigenvalue weighted by Gasteiger charge is 2.45. The smallest absolute Gasteiger partial charge is 0.425 e. The Bertz CT molecular complexity index is 378. The lowest BCUT2D eigenvalue weighted by molar-refractivity contribution is -0.200. The molecular formula is C11H12F3NO. The molecule has 1 aromatic carbocycles. The SMILES string of the molecule is NCC1CC(C(F)(F)F)Oc2ccccc21. The van der Waals surface area contributed by atoms with E-state index in [2.05, 4.69) is 0 Å². The summed E-state index contributed by atoms with van der Waals surface area (Å²) in [4.78, 5) is 0. The van der Waals surface area contributed by atoms with Crippen molar-refractivity contribution in [2.75, 3.05) is 6.54 Å². The van der Waals surface area contributed by atoms with E-state index in [9.17, 15) is 13.2 Å². The van der Waals surface area contributed by atoms with Gasteiger partial charge in [-0.3, -0.25) is 0 Å². The Balaban J connectivity index is 2.32. The molecule has 0 bridgehead atoms. The van der Waals surface area contributed by atoms with Crippen LogP contribution in [0.5, 0.6) is 5.75 Å². The zero-order valence-corrected chi connectivity index (χ0v) is 8.50. The molecule has 1 aromatic rings. The number of halogens is 3. The summed E-state index contributed by atoms with van der Waals surface area (Å²) in [5.41, 5.74) is 6.27. The summed E-state index contributed by atoms with van der Waals surface area (Å²) in [7, 11) is 0. The minimum absolute atomic E-state index is 0.100. The van der Waals surface area contributed by atoms with Crippen molar-refractivity contribution < 1.29 is 17.9 Å². The molecule has 0 aromatic heterocycles. The molecule has 1 aliphatic rings. The molecule has 0 fully saturated rings. The third kappa shape index (κ3) is 2.00. The van der Waals surface area contributed by atoms with Gasteiger partial charge in [-0.1, -0.05) is 18.2 Å². The van der Waals surface area contributed by atoms with Crippen LogP contribution in [0.15, 0.2) is 24.3 Å². The van der Waals surface area contributed by atoms with Crippen LogP contribution in [0.4, 0.5) is 13.2 Å². The van der Waals surface area contributed by atoms with Gasteiger partial charge < -0.3 is 10.5 Å². The van der Waals surface area contributed by atoms with Gasteiger partial charge in [0.25, 0.3) is 0 Å². The fraction of sp³-hybridized carbons (Fsp3) is 0.455. The lowest BCUT2D eigenvalue weighted by Gasteiger charge is -2.32. The molecular weight excluding hydrogens is 219 g/mol. The van der Waals surface area contributed by atoms with Gasteiger partial charge in [0.15, 0.2) is 6.10 Å². The van der Waals surface area contributed by atoms with E-state index in [4.69, 9.17) is 10.5 Å². The molecule has 0 saturated carbocycles. The maximum atomic E-state index is 12.6. The minimum Gasteiger partial charge on any atom is -0.481 e. The van der Waals surface area contributed by atoms with Gasteiger partial charge in [0.2, 0.25) is 0 Å². The molecule has 0 saturated heterocycles. The first kappa shape index (κ1) is 11.3. The molecule has 0 radical (unpaired) electrons. The predicted molar refractivity (Wildman–Crippen MR) is 53.3 cm³/mol. The van der Waals surface area contributed by atoms with Gasteiger partial charge in [0.1, 0.15) is 5.75 Å². The topological polar surface area (TPSA) is 35.2 Å². The van der Waals surface area contributed by atoms with Crippen molar-refractivity contribution in [1.29, 1.82) is 0 Å². The summed E-state index contributed by atoms with van der Waals surface area (Å²) in [5, 5.41) is 0. The molecule has 5 heteroatoms. The number of hydrogen-bond acceptors (Lipinski definition) is 2. The second kappa shape index (κ2) is 3.97. The van der Waals surface area contributed by atoms with Gasteiger partial charge in [0, 0.05) is 12.3 Å². The molecule has 0 spiro atoms. The van der Waals surface area contributed by atoms with Crippen molar-refractivity contribution in [3.05, 3.63) is 29.8 Å². The highest BCUT2D eigenvalue weighted by atomic mass is 19.4. The number of rotatable bonds is 1. The first-order chi connectivity index (χ1) is 7.52. The summed E-state index contributed by atoms with van der Waals surface area (Å²) < 4.78 is 42.7. The van der Waals surface area contributed by atoms with Crippen LogP contribution in [0.2, 0.25) is 0 Å². The summed E-state index contributed by atoms with van der Waals surface area (Å²) in [6, 6.07) is 6.75. The Morgan fingerprint density at radius 3 is 2.62 bits per heavy atom. The maximum absolute atomic E-state index is 12.6. The molecule has 2 nitrogen and oxygen atoms in total. The molecule has 88 valence electrons. The van der Waals surface area contributed by atoms with E-state index in [0.717, 1.165) is 5.56 Å². The maximum Gasteiger partial charge on any atom is 0.425 e. The fourth-order valence-electron chi connectivity index (χ4n) is 1.94. The summed E-state index contributed by atoms with van der Waals surface area (Å²) in [5.74, 6) is 0.0168. The van der Waals surface area contributed by atoms with E-state index < -0.39 is 12.3 Å². The van der Waals surface area contributed by atoms with Crippen LogP contribution < -0.4 is 10.5 Å². The van der Waals surface area contributed by atoms with Crippen molar-refractivity contribution in [1.82, 2.24) is 0 Å². The summed E-state index contributed by atoms with van der Waals surface area (Å²) in [6.07, 6.45) is -6.17. The van der Waals surface area contributed by atoms with Crippen LogP contribution in [-0.4, -0.2) is 18.8 Å². The first-order valence-corrected chi connectivity index (χ1v) is 5.04. The Kier molecular flexibility index (Phi) is 2.80. The van der Waals surface area contributed by atoms with Crippen molar-refractivity contribution >= 4 is 0 Å². The van der Waals surface area contributed by atoms with Gasteiger partial charge in [0.05, 0.1) is 0 Å². The van der Waals surface area contributed by atoms with E-state index in [1.807, 2.05) is 0 Å². The second-order valence-corrected chi connectivity index (χ2v) is 3.85. The molecule has 16 heavy (non-hydrogen) atoms. The average molecular weight is 231 g/mol. The van der Waals surface area contributed by atoms with Gasteiger partial charge in [-0.05, 0) is 18.2 Å². The number of ether oxygens (including phenoxy) is 1. The van der Waals surface area contributed by atoms with Crippen molar-refractivity contribution in [3.8, 4) is 5.75 Å². The number of alkyl halides is 3. The van der Waals surface area contributed by atoms with Crippen LogP contribution >= 0.6 is 0 Å². The molecule has 2 N–H and O–H groups in total. The third-order valence-corrected chi connectivity index (χ3v) is 2.78. The van der Waals surface area contributed by atoms with Crippen molar-refractivity contribution in [3.63, 3.8) is 0 Å². The zero-order chi connectivity index (χ0) is 11.8. The Hall–Kier alpha value is -1.23. The van der Waals surface area contributed by atoms with Crippen LogP contribution in [0.25, 0.3) is 0 Å². The Labute approximate surface area is 91.2 Å². The standard InChI is InChI=1S/C11H12F3NO/c12-11(13,14)10-5-7(6-15)8-3-1-2-4-9(8)16-10/h1-4,7,10H,5-6,15H2. The zero-order valence-electron chi connectivity index (χ0n) is 8.50. The third-order valence-electron chi connectivity index (χ3n) is 2.78. The van der Waals surface area contributed by atoms with E-state index in [-0.39, 0.29) is 18.9 Å². The first-order valence-electron chi connectivity index (χ1n) is 5.04. The monoisotopic (exact) mass is 231 g/mol. The van der Waals surface area contributed by atoms with Crippen LogP contribution in [-0.2, 0) is 0 Å². The number of hydrogen-bond donors (Lipinski definition) is 1. The molecule has 1 aliphatic heterocycles. The van der Waals surface area contributed by atoms with E-state index >= 15 is 0 Å². The summed E-state index contributed by atoms with van der Waals surface area (Å²) in [6.45, 7) is 0.201. The van der Waals surface area contributed by atoms with Gasteiger partial charge in [-0.2, -0.15) is 13.2 Å². The lowest BCUT2D eigenvalue weighted by atomic mass is 9.90. The molecule has 1 heterocycles. The Morgan fingerprint density at radius 2 is 2.00 bits per heavy atom. The molecule has 2 rings (SSSR count). The van der Waals surface area contributed by atoms with Crippen LogP contribution in [0.3, 0.4) is 0 Å². The average Bonchev–Trinajstić information content (AvgIpc) is 2.26. The summed E-state index contributed by atoms with van der Waals surface area (Å²) >= 11 is 0. The normalized spacial score (nSPS) is 24.8. The second-order valence-electron chi connectivity index (χ2n) is 3.85. The van der Waals surface area contributed by atoms with Gasteiger partial charge in [-0.25, -0.2) is 0 Å². The number of nitrogens with two attached hydrogens (primary N) is 1. The minimum atomic E-state index is -4.33. The number of para-hydroxylation sites is 1. The predicted octanol–water partition coefficient (Wildman–Crippen LogP) is 2.44. The lowest BCUT2D eigenvalue weighted by Crippen LogP contribution is -2.40. The fourth-order valence-corrected chi connectivity index (χ4v) is 1.94. The largest absolute Gasteiger partial charge is 0.481 e. The molecule has 0 amide bonds. The van der Waals surface area contributed by atoms with Crippen LogP contribution in [0.1, 0.15) is 17.9 Å². The van der Waals surface area contributed by atoms with E-state index in [0.29, 0.717) is 5.75 Å². The molecule has 0 aliphatic carbocycles. The highest BCUT2D eigenvalue weighted by molar-refractivity contribution is 5.38. The molecule has 2 atom stereocenters. The van der Waals surface area contributed by atoms with Crippen LogP contribution in [0, 0.1) is 0 Å². The van der Waals surface area contributed by atoms with Gasteiger partial charge >= 0.3 is 6.18 Å². The number of fused-ring (bicyclic) bond motifs is 1.